The largest absolute Gasteiger partial charge is 0.454 e. The summed E-state index contributed by atoms with van der Waals surface area (Å²) in [4.78, 5) is 1.25. The lowest BCUT2D eigenvalue weighted by Crippen LogP contribution is -2.00. The standard InChI is InChI=1S/C15H14BrNO2S/c1-20-12-4-2-3-11(6-12)17-8-10-5-14-15(7-13(10)16)19-9-18-14/h2-7,17H,8-9H2,1H3. The number of rotatable bonds is 4. The van der Waals surface area contributed by atoms with E-state index < -0.39 is 0 Å². The van der Waals surface area contributed by atoms with Crippen LogP contribution in [0.4, 0.5) is 5.69 Å². The Morgan fingerprint density at radius 2 is 2.00 bits per heavy atom. The number of anilines is 1. The Hall–Kier alpha value is -1.33. The minimum atomic E-state index is 0.300. The van der Waals surface area contributed by atoms with Crippen molar-refractivity contribution in [3.63, 3.8) is 0 Å². The fourth-order valence-corrected chi connectivity index (χ4v) is 2.95. The van der Waals surface area contributed by atoms with E-state index in [1.54, 1.807) is 11.8 Å². The minimum Gasteiger partial charge on any atom is -0.454 e. The Kier molecular flexibility index (Phi) is 4.08. The predicted octanol–water partition coefficient (Wildman–Crippen LogP) is 4.51. The molecule has 1 aliphatic rings. The van der Waals surface area contributed by atoms with Crippen LogP contribution in [0.25, 0.3) is 0 Å². The third-order valence-corrected chi connectivity index (χ3v) is 4.56. The summed E-state index contributed by atoms with van der Waals surface area (Å²) in [5.74, 6) is 1.60. The topological polar surface area (TPSA) is 30.5 Å². The van der Waals surface area contributed by atoms with Crippen LogP contribution < -0.4 is 14.8 Å². The molecule has 3 nitrogen and oxygen atoms in total. The van der Waals surface area contributed by atoms with E-state index in [1.807, 2.05) is 12.1 Å². The molecule has 0 saturated carbocycles. The van der Waals surface area contributed by atoms with Crippen LogP contribution >= 0.6 is 27.7 Å². The maximum Gasteiger partial charge on any atom is 0.231 e. The lowest BCUT2D eigenvalue weighted by Gasteiger charge is -2.10. The van der Waals surface area contributed by atoms with E-state index in [0.29, 0.717) is 6.79 Å². The lowest BCUT2D eigenvalue weighted by atomic mass is 10.2. The highest BCUT2D eigenvalue weighted by Crippen LogP contribution is 2.37. The fourth-order valence-electron chi connectivity index (χ4n) is 2.03. The van der Waals surface area contributed by atoms with Gasteiger partial charge in [-0.3, -0.25) is 0 Å². The first-order valence-electron chi connectivity index (χ1n) is 6.22. The smallest absolute Gasteiger partial charge is 0.231 e. The van der Waals surface area contributed by atoms with Crippen LogP contribution in [0.15, 0.2) is 45.8 Å². The van der Waals surface area contributed by atoms with Gasteiger partial charge in [-0.25, -0.2) is 0 Å². The summed E-state index contributed by atoms with van der Waals surface area (Å²) in [6, 6.07) is 12.3. The Morgan fingerprint density at radius 1 is 1.20 bits per heavy atom. The summed E-state index contributed by atoms with van der Waals surface area (Å²) >= 11 is 5.31. The van der Waals surface area contributed by atoms with Gasteiger partial charge in [-0.2, -0.15) is 0 Å². The monoisotopic (exact) mass is 351 g/mol. The number of benzene rings is 2. The van der Waals surface area contributed by atoms with E-state index in [-0.39, 0.29) is 0 Å². The molecule has 0 unspecified atom stereocenters. The third-order valence-electron chi connectivity index (χ3n) is 3.09. The minimum absolute atomic E-state index is 0.300. The lowest BCUT2D eigenvalue weighted by molar-refractivity contribution is 0.174. The molecule has 5 heteroatoms. The number of hydrogen-bond donors (Lipinski definition) is 1. The van der Waals surface area contributed by atoms with Gasteiger partial charge in [0, 0.05) is 21.6 Å². The van der Waals surface area contributed by atoms with Crippen LogP contribution in [0, 0.1) is 0 Å². The zero-order valence-corrected chi connectivity index (χ0v) is 13.4. The number of fused-ring (bicyclic) bond motifs is 1. The molecule has 0 radical (unpaired) electrons. The number of thioether (sulfide) groups is 1. The van der Waals surface area contributed by atoms with Gasteiger partial charge in [-0.1, -0.05) is 22.0 Å². The first kappa shape index (κ1) is 13.6. The number of ether oxygens (including phenoxy) is 2. The van der Waals surface area contributed by atoms with E-state index in [0.717, 1.165) is 33.8 Å². The third kappa shape index (κ3) is 2.88. The summed E-state index contributed by atoms with van der Waals surface area (Å²) < 4.78 is 11.8. The number of hydrogen-bond acceptors (Lipinski definition) is 4. The SMILES string of the molecule is CSc1cccc(NCc2cc3c(cc2Br)OCO3)c1. The van der Waals surface area contributed by atoms with Crippen LogP contribution in [0.1, 0.15) is 5.56 Å². The molecule has 0 spiro atoms. The zero-order chi connectivity index (χ0) is 13.9. The average molecular weight is 352 g/mol. The molecule has 1 heterocycles. The molecule has 2 aromatic rings. The van der Waals surface area contributed by atoms with Crippen molar-refractivity contribution in [3.05, 3.63) is 46.4 Å². The maximum atomic E-state index is 5.41. The normalized spacial score (nSPS) is 12.5. The Bertz CT molecular complexity index is 633. The van der Waals surface area contributed by atoms with E-state index in [4.69, 9.17) is 9.47 Å². The average Bonchev–Trinajstić information content (AvgIpc) is 2.92. The van der Waals surface area contributed by atoms with Crippen molar-refractivity contribution in [2.45, 2.75) is 11.4 Å². The van der Waals surface area contributed by atoms with Crippen molar-refractivity contribution in [3.8, 4) is 11.5 Å². The molecule has 104 valence electrons. The first-order chi connectivity index (χ1) is 9.76. The Labute approximate surface area is 130 Å². The highest BCUT2D eigenvalue weighted by Gasteiger charge is 2.16. The van der Waals surface area contributed by atoms with Crippen molar-refractivity contribution in [1.29, 1.82) is 0 Å². The summed E-state index contributed by atoms with van der Waals surface area (Å²) in [5, 5.41) is 3.43. The molecule has 20 heavy (non-hydrogen) atoms. The van der Waals surface area contributed by atoms with Crippen LogP contribution in [0.3, 0.4) is 0 Å². The van der Waals surface area contributed by atoms with Crippen molar-refractivity contribution < 1.29 is 9.47 Å². The van der Waals surface area contributed by atoms with Gasteiger partial charge in [0.1, 0.15) is 0 Å². The molecule has 0 fully saturated rings. The van der Waals surface area contributed by atoms with Gasteiger partial charge in [0.2, 0.25) is 6.79 Å². The quantitative estimate of drug-likeness (QED) is 0.820. The number of nitrogens with one attached hydrogen (secondary N) is 1. The number of halogens is 1. The van der Waals surface area contributed by atoms with E-state index in [1.165, 1.54) is 4.90 Å². The van der Waals surface area contributed by atoms with E-state index in [9.17, 15) is 0 Å². The molecule has 3 rings (SSSR count). The highest BCUT2D eigenvalue weighted by atomic mass is 79.9. The summed E-state index contributed by atoms with van der Waals surface area (Å²) in [5.41, 5.74) is 2.25. The van der Waals surface area contributed by atoms with E-state index >= 15 is 0 Å². The van der Waals surface area contributed by atoms with Crippen LogP contribution in [0.5, 0.6) is 11.5 Å². The van der Waals surface area contributed by atoms with Gasteiger partial charge in [0.05, 0.1) is 0 Å². The highest BCUT2D eigenvalue weighted by molar-refractivity contribution is 9.10. The Morgan fingerprint density at radius 3 is 2.80 bits per heavy atom. The van der Waals surface area contributed by atoms with Gasteiger partial charge in [0.25, 0.3) is 0 Å². The second-order valence-electron chi connectivity index (χ2n) is 4.38. The first-order valence-corrected chi connectivity index (χ1v) is 8.24. The molecule has 2 aromatic carbocycles. The molecule has 1 N–H and O–H groups in total. The molecule has 1 aliphatic heterocycles. The fraction of sp³-hybridized carbons (Fsp3) is 0.200. The van der Waals surface area contributed by atoms with Gasteiger partial charge in [-0.05, 0) is 42.2 Å². The second-order valence-corrected chi connectivity index (χ2v) is 6.12. The molecule has 0 atom stereocenters. The summed E-state index contributed by atoms with van der Waals surface area (Å²) in [6.45, 7) is 1.03. The molecular formula is C15H14BrNO2S. The van der Waals surface area contributed by atoms with Gasteiger partial charge in [0.15, 0.2) is 11.5 Å². The van der Waals surface area contributed by atoms with Crippen LogP contribution in [0.2, 0.25) is 0 Å². The van der Waals surface area contributed by atoms with Crippen molar-refractivity contribution in [1.82, 2.24) is 0 Å². The van der Waals surface area contributed by atoms with Gasteiger partial charge in [-0.15, -0.1) is 11.8 Å². The van der Waals surface area contributed by atoms with Crippen molar-refractivity contribution in [2.75, 3.05) is 18.4 Å². The van der Waals surface area contributed by atoms with Crippen molar-refractivity contribution >= 4 is 33.4 Å². The second kappa shape index (κ2) is 5.97. The molecule has 0 aliphatic carbocycles. The molecule has 0 saturated heterocycles. The molecule has 0 bridgehead atoms. The van der Waals surface area contributed by atoms with Gasteiger partial charge < -0.3 is 14.8 Å². The predicted molar refractivity (Wildman–Crippen MR) is 85.8 cm³/mol. The van der Waals surface area contributed by atoms with Crippen LogP contribution in [-0.4, -0.2) is 13.0 Å². The molecule has 0 aromatic heterocycles. The molecule has 0 amide bonds. The maximum absolute atomic E-state index is 5.41. The summed E-state index contributed by atoms with van der Waals surface area (Å²) in [6.07, 6.45) is 2.08. The zero-order valence-electron chi connectivity index (χ0n) is 11.0. The van der Waals surface area contributed by atoms with Gasteiger partial charge >= 0.3 is 0 Å². The van der Waals surface area contributed by atoms with Crippen molar-refractivity contribution in [2.24, 2.45) is 0 Å². The van der Waals surface area contributed by atoms with Crippen LogP contribution in [-0.2, 0) is 6.54 Å². The van der Waals surface area contributed by atoms with E-state index in [2.05, 4.69) is 51.8 Å². The Balaban J connectivity index is 1.75. The summed E-state index contributed by atoms with van der Waals surface area (Å²) in [7, 11) is 0. The molecular weight excluding hydrogens is 338 g/mol.